The van der Waals surface area contributed by atoms with E-state index in [1.807, 2.05) is 60.7 Å². The Bertz CT molecular complexity index is 1420. The summed E-state index contributed by atoms with van der Waals surface area (Å²) < 4.78 is 32.9. The van der Waals surface area contributed by atoms with E-state index < -0.39 is 10.0 Å². The van der Waals surface area contributed by atoms with Crippen molar-refractivity contribution in [2.75, 3.05) is 14.2 Å². The van der Waals surface area contributed by atoms with Gasteiger partial charge in [-0.15, -0.1) is 0 Å². The number of ether oxygens (including phenoxy) is 1. The first kappa shape index (κ1) is 26.4. The highest BCUT2D eigenvalue weighted by atomic mass is 35.5. The number of nitrogens with zero attached hydrogens (tertiary/aromatic N) is 1. The van der Waals surface area contributed by atoms with Gasteiger partial charge in [0.25, 0.3) is 5.91 Å². The van der Waals surface area contributed by atoms with Gasteiger partial charge < -0.3 is 10.1 Å². The number of carbonyl (C=O) groups excluding carboxylic acids is 1. The average Bonchev–Trinajstić information content (AvgIpc) is 2.92. The lowest BCUT2D eigenvalue weighted by Gasteiger charge is -2.21. The number of sulfonamides is 1. The van der Waals surface area contributed by atoms with Crippen LogP contribution in [0.25, 0.3) is 0 Å². The molecule has 4 rings (SSSR count). The molecule has 0 saturated carbocycles. The number of nitrogens with one attached hydrogen (secondary N) is 1. The first-order valence-corrected chi connectivity index (χ1v) is 13.4. The zero-order valence-electron chi connectivity index (χ0n) is 20.5. The van der Waals surface area contributed by atoms with Crippen LogP contribution in [0.4, 0.5) is 0 Å². The van der Waals surface area contributed by atoms with E-state index in [0.29, 0.717) is 21.9 Å². The van der Waals surface area contributed by atoms with Gasteiger partial charge in [-0.1, -0.05) is 72.3 Å². The molecule has 8 heteroatoms. The number of amides is 1. The fourth-order valence-corrected chi connectivity index (χ4v) is 5.29. The maximum Gasteiger partial charge on any atom is 0.252 e. The van der Waals surface area contributed by atoms with Crippen LogP contribution in [0, 0.1) is 0 Å². The van der Waals surface area contributed by atoms with Gasteiger partial charge >= 0.3 is 0 Å². The molecule has 0 unspecified atom stereocenters. The minimum atomic E-state index is -3.78. The predicted octanol–water partition coefficient (Wildman–Crippen LogP) is 5.69. The van der Waals surface area contributed by atoms with Gasteiger partial charge in [-0.2, -0.15) is 4.31 Å². The van der Waals surface area contributed by atoms with Crippen molar-refractivity contribution in [1.82, 2.24) is 9.62 Å². The van der Waals surface area contributed by atoms with Gasteiger partial charge in [0.2, 0.25) is 10.0 Å². The van der Waals surface area contributed by atoms with E-state index in [1.165, 1.54) is 42.7 Å². The summed E-state index contributed by atoms with van der Waals surface area (Å²) in [7, 11) is -0.794. The Morgan fingerprint density at radius 1 is 0.892 bits per heavy atom. The molecule has 190 valence electrons. The van der Waals surface area contributed by atoms with Crippen LogP contribution >= 0.6 is 11.6 Å². The van der Waals surface area contributed by atoms with Gasteiger partial charge in [0.1, 0.15) is 5.75 Å². The number of hydrogen-bond acceptors (Lipinski definition) is 4. The molecule has 1 N–H and O–H groups in total. The lowest BCUT2D eigenvalue weighted by molar-refractivity contribution is 0.0942. The van der Waals surface area contributed by atoms with Crippen molar-refractivity contribution < 1.29 is 17.9 Å². The van der Waals surface area contributed by atoms with Crippen LogP contribution in [-0.2, 0) is 16.6 Å². The molecule has 0 saturated heterocycles. The third-order valence-electron chi connectivity index (χ3n) is 6.00. The van der Waals surface area contributed by atoms with Crippen molar-refractivity contribution in [3.63, 3.8) is 0 Å². The van der Waals surface area contributed by atoms with E-state index in [9.17, 15) is 13.2 Å². The Morgan fingerprint density at radius 2 is 1.46 bits per heavy atom. The zero-order chi connectivity index (χ0) is 26.4. The molecular formula is C29H27ClN2O4S. The molecule has 0 bridgehead atoms. The molecule has 4 aromatic carbocycles. The molecule has 0 heterocycles. The van der Waals surface area contributed by atoms with Crippen LogP contribution in [0.5, 0.6) is 5.75 Å². The number of carbonyl (C=O) groups is 1. The lowest BCUT2D eigenvalue weighted by Crippen LogP contribution is -2.30. The topological polar surface area (TPSA) is 75.7 Å². The molecule has 0 spiro atoms. The summed E-state index contributed by atoms with van der Waals surface area (Å²) in [6.07, 6.45) is 0. The molecule has 0 aliphatic carbocycles. The highest BCUT2D eigenvalue weighted by Gasteiger charge is 2.23. The summed E-state index contributed by atoms with van der Waals surface area (Å²) in [6.45, 7) is 0.00997. The van der Waals surface area contributed by atoms with E-state index in [4.69, 9.17) is 16.3 Å². The first-order chi connectivity index (χ1) is 17.8. The lowest BCUT2D eigenvalue weighted by atomic mass is 9.98. The Hall–Kier alpha value is -3.65. The maximum absolute atomic E-state index is 13.4. The summed E-state index contributed by atoms with van der Waals surface area (Å²) in [4.78, 5) is 13.5. The number of benzene rings is 4. The van der Waals surface area contributed by atoms with Gasteiger partial charge in [0.15, 0.2) is 0 Å². The molecule has 0 atom stereocenters. The SMILES string of the molecule is COc1ccc(C(=O)NC(c2ccccc2)c2ccccc2)cc1CN(C)S(=O)(=O)c1ccc(Cl)cc1. The largest absolute Gasteiger partial charge is 0.496 e. The molecule has 0 fully saturated rings. The monoisotopic (exact) mass is 534 g/mol. The Labute approximate surface area is 222 Å². The molecule has 37 heavy (non-hydrogen) atoms. The van der Waals surface area contributed by atoms with Gasteiger partial charge in [-0.3, -0.25) is 4.79 Å². The third-order valence-corrected chi connectivity index (χ3v) is 8.07. The zero-order valence-corrected chi connectivity index (χ0v) is 22.0. The van der Waals surface area contributed by atoms with Gasteiger partial charge in [-0.25, -0.2) is 8.42 Å². The maximum atomic E-state index is 13.4. The summed E-state index contributed by atoms with van der Waals surface area (Å²) in [5.74, 6) is 0.196. The molecule has 0 aliphatic heterocycles. The van der Waals surface area contributed by atoms with Crippen LogP contribution in [0.15, 0.2) is 108 Å². The van der Waals surface area contributed by atoms with Crippen molar-refractivity contribution in [3.05, 3.63) is 130 Å². The molecule has 0 radical (unpaired) electrons. The minimum absolute atomic E-state index is 0.00997. The number of hydrogen-bond donors (Lipinski definition) is 1. The van der Waals surface area contributed by atoms with Crippen molar-refractivity contribution in [2.45, 2.75) is 17.5 Å². The van der Waals surface area contributed by atoms with Crippen molar-refractivity contribution in [3.8, 4) is 5.75 Å². The molecule has 6 nitrogen and oxygen atoms in total. The van der Waals surface area contributed by atoms with E-state index in [-0.39, 0.29) is 23.4 Å². The summed E-state index contributed by atoms with van der Waals surface area (Å²) >= 11 is 5.91. The van der Waals surface area contributed by atoms with Crippen LogP contribution in [0.2, 0.25) is 5.02 Å². The van der Waals surface area contributed by atoms with Crippen molar-refractivity contribution >= 4 is 27.5 Å². The number of methoxy groups -OCH3 is 1. The third kappa shape index (κ3) is 6.20. The van der Waals surface area contributed by atoms with Crippen LogP contribution in [0.3, 0.4) is 0 Å². The second-order valence-corrected chi connectivity index (χ2v) is 11.0. The highest BCUT2D eigenvalue weighted by molar-refractivity contribution is 7.89. The smallest absolute Gasteiger partial charge is 0.252 e. The van der Waals surface area contributed by atoms with E-state index >= 15 is 0 Å². The average molecular weight is 535 g/mol. The number of halogens is 1. The second kappa shape index (κ2) is 11.6. The van der Waals surface area contributed by atoms with Crippen molar-refractivity contribution in [1.29, 1.82) is 0 Å². The van der Waals surface area contributed by atoms with E-state index in [0.717, 1.165) is 11.1 Å². The van der Waals surface area contributed by atoms with Crippen LogP contribution in [-0.4, -0.2) is 32.8 Å². The minimum Gasteiger partial charge on any atom is -0.496 e. The predicted molar refractivity (Wildman–Crippen MR) is 145 cm³/mol. The highest BCUT2D eigenvalue weighted by Crippen LogP contribution is 2.26. The molecule has 0 aliphatic rings. The van der Waals surface area contributed by atoms with Crippen LogP contribution in [0.1, 0.15) is 33.1 Å². The van der Waals surface area contributed by atoms with Gasteiger partial charge in [-0.05, 0) is 53.6 Å². The second-order valence-electron chi connectivity index (χ2n) is 8.47. The molecule has 0 aromatic heterocycles. The summed E-state index contributed by atoms with van der Waals surface area (Å²) in [5, 5.41) is 3.57. The van der Waals surface area contributed by atoms with Crippen molar-refractivity contribution in [2.24, 2.45) is 0 Å². The standard InChI is InChI=1S/C29H27ClN2O4S/c1-32(37(34,35)26-16-14-25(30)15-17-26)20-24-19-23(13-18-27(24)36-2)29(33)31-28(21-9-5-3-6-10-21)22-11-7-4-8-12-22/h3-19,28H,20H2,1-2H3,(H,31,33). The van der Waals surface area contributed by atoms with E-state index in [1.54, 1.807) is 18.2 Å². The van der Waals surface area contributed by atoms with E-state index in [2.05, 4.69) is 5.32 Å². The first-order valence-electron chi connectivity index (χ1n) is 11.6. The fraction of sp³-hybridized carbons (Fsp3) is 0.138. The summed E-state index contributed by atoms with van der Waals surface area (Å²) in [5.41, 5.74) is 2.85. The quantitative estimate of drug-likeness (QED) is 0.299. The molecule has 1 amide bonds. The van der Waals surface area contributed by atoms with Gasteiger partial charge in [0.05, 0.1) is 18.0 Å². The summed E-state index contributed by atoms with van der Waals surface area (Å²) in [6, 6.07) is 30.1. The Morgan fingerprint density at radius 3 is 2.00 bits per heavy atom. The Kier molecular flexibility index (Phi) is 8.28. The van der Waals surface area contributed by atoms with Gasteiger partial charge in [0, 0.05) is 29.7 Å². The molecule has 4 aromatic rings. The fourth-order valence-electron chi connectivity index (χ4n) is 4.02. The number of rotatable bonds is 9. The Balaban J connectivity index is 1.60. The van der Waals surface area contributed by atoms with Crippen LogP contribution < -0.4 is 10.1 Å². The normalized spacial score (nSPS) is 11.5. The molecular weight excluding hydrogens is 508 g/mol.